The Hall–Kier alpha value is -1.83. The number of aliphatic hydroxyl groups excluding tert-OH is 1. The number of amides is 1. The van der Waals surface area contributed by atoms with Gasteiger partial charge >= 0.3 is 6.18 Å². The normalized spacial score (nSPS) is 11.4. The molecule has 1 amide bonds. The van der Waals surface area contributed by atoms with Crippen LogP contribution in [0.2, 0.25) is 0 Å². The Bertz CT molecular complexity index is 462. The topological polar surface area (TPSA) is 66.6 Å². The number of benzene rings is 1. The monoisotopic (exact) mass is 280 g/mol. The molecule has 0 aliphatic carbocycles. The minimum absolute atomic E-state index is 0.207. The van der Waals surface area contributed by atoms with E-state index in [4.69, 9.17) is 10.8 Å². The lowest BCUT2D eigenvalue weighted by molar-refractivity contribution is -0.141. The molecule has 8 heteroatoms. The molecule has 0 aliphatic rings. The SMILES string of the molecule is Nc1ccc(C(=O)N(CCO)CC(F)(F)F)cc1F. The summed E-state index contributed by atoms with van der Waals surface area (Å²) in [5.74, 6) is -1.91. The van der Waals surface area contributed by atoms with Crippen molar-refractivity contribution in [1.29, 1.82) is 0 Å². The molecule has 0 aromatic heterocycles. The largest absolute Gasteiger partial charge is 0.406 e. The zero-order chi connectivity index (χ0) is 14.6. The molecular formula is C11H12F4N2O2. The van der Waals surface area contributed by atoms with E-state index in [1.165, 1.54) is 0 Å². The van der Waals surface area contributed by atoms with Gasteiger partial charge in [0.25, 0.3) is 5.91 Å². The number of alkyl halides is 3. The first-order chi connectivity index (χ1) is 8.74. The van der Waals surface area contributed by atoms with Crippen molar-refractivity contribution in [2.75, 3.05) is 25.4 Å². The molecule has 1 rings (SSSR count). The molecular weight excluding hydrogens is 268 g/mol. The molecule has 4 nitrogen and oxygen atoms in total. The Morgan fingerprint density at radius 2 is 2.00 bits per heavy atom. The van der Waals surface area contributed by atoms with Crippen LogP contribution in [-0.4, -0.2) is 41.8 Å². The number of rotatable bonds is 4. The van der Waals surface area contributed by atoms with Crippen molar-refractivity contribution < 1.29 is 27.5 Å². The summed E-state index contributed by atoms with van der Waals surface area (Å²) in [6.07, 6.45) is -4.60. The number of hydrogen-bond acceptors (Lipinski definition) is 3. The van der Waals surface area contributed by atoms with Crippen LogP contribution in [0.5, 0.6) is 0 Å². The number of aliphatic hydroxyl groups is 1. The summed E-state index contributed by atoms with van der Waals surface area (Å²) in [6.45, 7) is -2.64. The molecule has 0 atom stereocenters. The average molecular weight is 280 g/mol. The minimum atomic E-state index is -4.60. The Morgan fingerprint density at radius 1 is 1.37 bits per heavy atom. The Labute approximate surface area is 106 Å². The first kappa shape index (κ1) is 15.2. The highest BCUT2D eigenvalue weighted by molar-refractivity contribution is 5.94. The first-order valence-corrected chi connectivity index (χ1v) is 5.26. The zero-order valence-electron chi connectivity index (χ0n) is 9.75. The Morgan fingerprint density at radius 3 is 2.47 bits per heavy atom. The fourth-order valence-corrected chi connectivity index (χ4v) is 1.43. The predicted molar refractivity (Wildman–Crippen MR) is 59.9 cm³/mol. The van der Waals surface area contributed by atoms with Crippen molar-refractivity contribution in [2.45, 2.75) is 6.18 Å². The number of nitrogens with two attached hydrogens (primary N) is 1. The first-order valence-electron chi connectivity index (χ1n) is 5.26. The predicted octanol–water partition coefficient (Wildman–Crippen LogP) is 1.40. The van der Waals surface area contributed by atoms with Gasteiger partial charge in [-0.25, -0.2) is 4.39 Å². The maximum atomic E-state index is 13.2. The number of anilines is 1. The van der Waals surface area contributed by atoms with Gasteiger partial charge < -0.3 is 15.7 Å². The van der Waals surface area contributed by atoms with E-state index in [1.807, 2.05) is 0 Å². The second-order valence-corrected chi connectivity index (χ2v) is 3.80. The maximum Gasteiger partial charge on any atom is 0.406 e. The molecule has 106 valence electrons. The molecule has 0 saturated carbocycles. The van der Waals surface area contributed by atoms with E-state index in [1.54, 1.807) is 0 Å². The zero-order valence-corrected chi connectivity index (χ0v) is 9.75. The molecule has 3 N–H and O–H groups in total. The molecule has 0 spiro atoms. The quantitative estimate of drug-likeness (QED) is 0.647. The van der Waals surface area contributed by atoms with Gasteiger partial charge in [0.1, 0.15) is 12.4 Å². The molecule has 0 bridgehead atoms. The summed E-state index contributed by atoms with van der Waals surface area (Å²) < 4.78 is 50.0. The maximum absolute atomic E-state index is 13.2. The van der Waals surface area contributed by atoms with E-state index in [2.05, 4.69) is 0 Å². The van der Waals surface area contributed by atoms with Crippen LogP contribution < -0.4 is 5.73 Å². The summed E-state index contributed by atoms with van der Waals surface area (Å²) in [6, 6.07) is 2.98. The lowest BCUT2D eigenvalue weighted by Gasteiger charge is -2.23. The number of carbonyl (C=O) groups is 1. The number of nitrogen functional groups attached to an aromatic ring is 1. The van der Waals surface area contributed by atoms with E-state index in [0.717, 1.165) is 18.2 Å². The standard InChI is InChI=1S/C11H12F4N2O2/c12-8-5-7(1-2-9(8)16)10(19)17(3-4-18)6-11(13,14)15/h1-2,5,18H,3-4,6,16H2. The minimum Gasteiger partial charge on any atom is -0.396 e. The van der Waals surface area contributed by atoms with Crippen LogP contribution >= 0.6 is 0 Å². The van der Waals surface area contributed by atoms with Gasteiger partial charge in [0.15, 0.2) is 0 Å². The van der Waals surface area contributed by atoms with E-state index in [-0.39, 0.29) is 11.3 Å². The van der Waals surface area contributed by atoms with Crippen LogP contribution in [0.4, 0.5) is 23.2 Å². The molecule has 19 heavy (non-hydrogen) atoms. The molecule has 0 radical (unpaired) electrons. The Kier molecular flexibility index (Phi) is 4.71. The van der Waals surface area contributed by atoms with Crippen molar-refractivity contribution >= 4 is 11.6 Å². The van der Waals surface area contributed by atoms with Crippen molar-refractivity contribution in [3.8, 4) is 0 Å². The van der Waals surface area contributed by atoms with Crippen molar-refractivity contribution in [1.82, 2.24) is 4.90 Å². The van der Waals surface area contributed by atoms with Gasteiger partial charge in [-0.1, -0.05) is 0 Å². The van der Waals surface area contributed by atoms with Gasteiger partial charge in [-0.05, 0) is 18.2 Å². The summed E-state index contributed by atoms with van der Waals surface area (Å²) in [5.41, 5.74) is 4.74. The van der Waals surface area contributed by atoms with Crippen LogP contribution in [0.25, 0.3) is 0 Å². The van der Waals surface area contributed by atoms with E-state index in [9.17, 15) is 22.4 Å². The molecule has 1 aromatic carbocycles. The smallest absolute Gasteiger partial charge is 0.396 e. The van der Waals surface area contributed by atoms with Gasteiger partial charge in [0.2, 0.25) is 0 Å². The van der Waals surface area contributed by atoms with Crippen LogP contribution in [0.3, 0.4) is 0 Å². The van der Waals surface area contributed by atoms with Gasteiger partial charge in [-0.3, -0.25) is 4.79 Å². The van der Waals surface area contributed by atoms with E-state index in [0.29, 0.717) is 4.90 Å². The summed E-state index contributed by atoms with van der Waals surface area (Å²) in [5, 5.41) is 8.67. The Balaban J connectivity index is 2.95. The highest BCUT2D eigenvalue weighted by Crippen LogP contribution is 2.19. The molecule has 0 unspecified atom stereocenters. The number of hydrogen-bond donors (Lipinski definition) is 2. The summed E-state index contributed by atoms with van der Waals surface area (Å²) in [7, 11) is 0. The second-order valence-electron chi connectivity index (χ2n) is 3.80. The molecule has 0 aliphatic heterocycles. The molecule has 0 saturated heterocycles. The highest BCUT2D eigenvalue weighted by Gasteiger charge is 2.33. The fourth-order valence-electron chi connectivity index (χ4n) is 1.43. The van der Waals surface area contributed by atoms with E-state index >= 15 is 0 Å². The lowest BCUT2D eigenvalue weighted by atomic mass is 10.1. The van der Waals surface area contributed by atoms with Crippen molar-refractivity contribution in [3.05, 3.63) is 29.6 Å². The van der Waals surface area contributed by atoms with Crippen LogP contribution in [-0.2, 0) is 0 Å². The third-order valence-corrected chi connectivity index (χ3v) is 2.27. The van der Waals surface area contributed by atoms with Gasteiger partial charge in [-0.15, -0.1) is 0 Å². The highest BCUT2D eigenvalue weighted by atomic mass is 19.4. The average Bonchev–Trinajstić information content (AvgIpc) is 2.29. The number of nitrogens with zero attached hydrogens (tertiary/aromatic N) is 1. The van der Waals surface area contributed by atoms with Gasteiger partial charge in [0.05, 0.1) is 12.3 Å². The summed E-state index contributed by atoms with van der Waals surface area (Å²) >= 11 is 0. The van der Waals surface area contributed by atoms with Crippen LogP contribution in [0.1, 0.15) is 10.4 Å². The molecule has 0 heterocycles. The fraction of sp³-hybridized carbons (Fsp3) is 0.364. The molecule has 0 fully saturated rings. The summed E-state index contributed by atoms with van der Waals surface area (Å²) in [4.78, 5) is 12.2. The van der Waals surface area contributed by atoms with E-state index < -0.39 is 37.6 Å². The van der Waals surface area contributed by atoms with Crippen LogP contribution in [0.15, 0.2) is 18.2 Å². The van der Waals surface area contributed by atoms with Crippen molar-refractivity contribution in [3.63, 3.8) is 0 Å². The lowest BCUT2D eigenvalue weighted by Crippen LogP contribution is -2.40. The van der Waals surface area contributed by atoms with Crippen LogP contribution in [0, 0.1) is 5.82 Å². The molecule has 1 aromatic rings. The number of halogens is 4. The number of carbonyl (C=O) groups excluding carboxylic acids is 1. The third-order valence-electron chi connectivity index (χ3n) is 2.27. The van der Waals surface area contributed by atoms with Crippen molar-refractivity contribution in [2.24, 2.45) is 0 Å². The second kappa shape index (κ2) is 5.87. The van der Waals surface area contributed by atoms with Gasteiger partial charge in [-0.2, -0.15) is 13.2 Å². The van der Waals surface area contributed by atoms with Gasteiger partial charge in [0, 0.05) is 12.1 Å². The third kappa shape index (κ3) is 4.40.